The predicted molar refractivity (Wildman–Crippen MR) is 60.5 cm³/mol. The van der Waals surface area contributed by atoms with Crippen LogP contribution in [0.15, 0.2) is 42.7 Å². The Balaban J connectivity index is 2.04. The van der Waals surface area contributed by atoms with Crippen molar-refractivity contribution in [2.45, 2.75) is 13.1 Å². The van der Waals surface area contributed by atoms with Gasteiger partial charge >= 0.3 is 0 Å². The van der Waals surface area contributed by atoms with Crippen LogP contribution in [0.1, 0.15) is 11.1 Å². The molecule has 1 N–H and O–H groups in total. The maximum Gasteiger partial charge on any atom is 0.0659 e. The molecule has 0 saturated heterocycles. The maximum atomic E-state index is 4.17. The first-order valence-corrected chi connectivity index (χ1v) is 5.08. The van der Waals surface area contributed by atoms with Crippen molar-refractivity contribution in [1.82, 2.24) is 15.1 Å². The minimum Gasteiger partial charge on any atom is -0.316 e. The highest BCUT2D eigenvalue weighted by Gasteiger charge is 1.95. The zero-order valence-electron chi connectivity index (χ0n) is 8.85. The van der Waals surface area contributed by atoms with Crippen molar-refractivity contribution in [3.63, 3.8) is 0 Å². The van der Waals surface area contributed by atoms with Gasteiger partial charge in [0.2, 0.25) is 0 Å². The van der Waals surface area contributed by atoms with Gasteiger partial charge in [0.15, 0.2) is 0 Å². The molecule has 15 heavy (non-hydrogen) atoms. The average molecular weight is 201 g/mol. The number of hydrogen-bond acceptors (Lipinski definition) is 2. The van der Waals surface area contributed by atoms with Crippen LogP contribution in [0.5, 0.6) is 0 Å². The highest BCUT2D eigenvalue weighted by atomic mass is 15.3. The Kier molecular flexibility index (Phi) is 3.15. The van der Waals surface area contributed by atoms with Crippen molar-refractivity contribution in [3.8, 4) is 0 Å². The van der Waals surface area contributed by atoms with E-state index in [0.717, 1.165) is 13.1 Å². The van der Waals surface area contributed by atoms with Gasteiger partial charge in [-0.1, -0.05) is 24.3 Å². The Bertz CT molecular complexity index is 389. The van der Waals surface area contributed by atoms with Crippen LogP contribution in [0.4, 0.5) is 0 Å². The third-order valence-corrected chi connectivity index (χ3v) is 2.31. The van der Waals surface area contributed by atoms with E-state index in [9.17, 15) is 0 Å². The van der Waals surface area contributed by atoms with Crippen LogP contribution in [0.2, 0.25) is 0 Å². The van der Waals surface area contributed by atoms with E-state index in [0.29, 0.717) is 0 Å². The summed E-state index contributed by atoms with van der Waals surface area (Å²) in [6.07, 6.45) is 3.77. The fourth-order valence-electron chi connectivity index (χ4n) is 1.55. The van der Waals surface area contributed by atoms with E-state index in [1.54, 1.807) is 6.20 Å². The lowest BCUT2D eigenvalue weighted by Crippen LogP contribution is -2.05. The molecule has 0 bridgehead atoms. The molecule has 0 unspecified atom stereocenters. The summed E-state index contributed by atoms with van der Waals surface area (Å²) in [5, 5.41) is 7.31. The average Bonchev–Trinajstić information content (AvgIpc) is 2.74. The lowest BCUT2D eigenvalue weighted by atomic mass is 10.1. The zero-order chi connectivity index (χ0) is 10.5. The molecule has 3 heteroatoms. The molecule has 0 radical (unpaired) electrons. The summed E-state index contributed by atoms with van der Waals surface area (Å²) in [7, 11) is 1.96. The molecule has 0 aliphatic heterocycles. The highest BCUT2D eigenvalue weighted by molar-refractivity contribution is 5.22. The number of aromatic nitrogens is 2. The minimum atomic E-state index is 0.840. The highest BCUT2D eigenvalue weighted by Crippen LogP contribution is 2.05. The van der Waals surface area contributed by atoms with Crippen LogP contribution < -0.4 is 5.32 Å². The molecule has 2 rings (SSSR count). The number of hydrogen-bond donors (Lipinski definition) is 1. The molecule has 2 aromatic rings. The predicted octanol–water partition coefficient (Wildman–Crippen LogP) is 1.65. The molecule has 0 saturated carbocycles. The third kappa shape index (κ3) is 2.67. The van der Waals surface area contributed by atoms with Crippen LogP contribution in [-0.4, -0.2) is 16.8 Å². The number of nitrogens with zero attached hydrogens (tertiary/aromatic N) is 2. The van der Waals surface area contributed by atoms with Crippen LogP contribution in [-0.2, 0) is 13.1 Å². The Morgan fingerprint density at radius 1 is 1.20 bits per heavy atom. The molecular weight excluding hydrogens is 186 g/mol. The van der Waals surface area contributed by atoms with E-state index >= 15 is 0 Å². The second-order valence-corrected chi connectivity index (χ2v) is 3.55. The van der Waals surface area contributed by atoms with Gasteiger partial charge < -0.3 is 5.32 Å². The van der Waals surface area contributed by atoms with E-state index in [2.05, 4.69) is 34.7 Å². The third-order valence-electron chi connectivity index (χ3n) is 2.31. The van der Waals surface area contributed by atoms with Gasteiger partial charge in [0.25, 0.3) is 0 Å². The van der Waals surface area contributed by atoms with E-state index in [1.165, 1.54) is 11.1 Å². The van der Waals surface area contributed by atoms with E-state index < -0.39 is 0 Å². The molecule has 3 nitrogen and oxygen atoms in total. The van der Waals surface area contributed by atoms with Crippen molar-refractivity contribution in [3.05, 3.63) is 53.9 Å². The quantitative estimate of drug-likeness (QED) is 0.815. The Morgan fingerprint density at radius 2 is 1.93 bits per heavy atom. The molecule has 1 aromatic heterocycles. The van der Waals surface area contributed by atoms with Gasteiger partial charge in [-0.05, 0) is 24.2 Å². The first kappa shape index (κ1) is 9.93. The van der Waals surface area contributed by atoms with Crippen molar-refractivity contribution in [1.29, 1.82) is 0 Å². The lowest BCUT2D eigenvalue weighted by molar-refractivity contribution is 0.686. The topological polar surface area (TPSA) is 29.9 Å². The second kappa shape index (κ2) is 4.75. The fourth-order valence-corrected chi connectivity index (χ4v) is 1.55. The molecule has 78 valence electrons. The molecule has 0 amide bonds. The van der Waals surface area contributed by atoms with Crippen LogP contribution in [0, 0.1) is 0 Å². The Hall–Kier alpha value is -1.61. The summed E-state index contributed by atoms with van der Waals surface area (Å²) < 4.78 is 1.92. The van der Waals surface area contributed by atoms with E-state index in [4.69, 9.17) is 0 Å². The first-order chi connectivity index (χ1) is 7.38. The summed E-state index contributed by atoms with van der Waals surface area (Å²) in [4.78, 5) is 0. The standard InChI is InChI=1S/C12H15N3/c1-13-9-11-3-5-12(6-4-11)10-15-8-2-7-14-15/h2-8,13H,9-10H2,1H3. The molecule has 0 aliphatic carbocycles. The molecule has 0 spiro atoms. The monoisotopic (exact) mass is 201 g/mol. The summed E-state index contributed by atoms with van der Waals surface area (Å²) in [5.74, 6) is 0. The first-order valence-electron chi connectivity index (χ1n) is 5.08. The SMILES string of the molecule is CNCc1ccc(Cn2cccn2)cc1. The van der Waals surface area contributed by atoms with Gasteiger partial charge in [-0.2, -0.15) is 5.10 Å². The summed E-state index contributed by atoms with van der Waals surface area (Å²) >= 11 is 0. The molecule has 0 aliphatic rings. The van der Waals surface area contributed by atoms with Crippen molar-refractivity contribution < 1.29 is 0 Å². The Morgan fingerprint density at radius 3 is 2.53 bits per heavy atom. The van der Waals surface area contributed by atoms with Gasteiger partial charge in [0, 0.05) is 18.9 Å². The zero-order valence-corrected chi connectivity index (χ0v) is 8.85. The molecule has 1 aromatic carbocycles. The van der Waals surface area contributed by atoms with Crippen molar-refractivity contribution >= 4 is 0 Å². The van der Waals surface area contributed by atoms with Crippen LogP contribution in [0.25, 0.3) is 0 Å². The lowest BCUT2D eigenvalue weighted by Gasteiger charge is -2.04. The maximum absolute atomic E-state index is 4.17. The largest absolute Gasteiger partial charge is 0.316 e. The number of nitrogens with one attached hydrogen (secondary N) is 1. The summed E-state index contributed by atoms with van der Waals surface area (Å²) in [6, 6.07) is 10.5. The van der Waals surface area contributed by atoms with Gasteiger partial charge in [-0.25, -0.2) is 0 Å². The Labute approximate surface area is 89.7 Å². The van der Waals surface area contributed by atoms with Crippen LogP contribution in [0.3, 0.4) is 0 Å². The van der Waals surface area contributed by atoms with Crippen molar-refractivity contribution in [2.24, 2.45) is 0 Å². The van der Waals surface area contributed by atoms with Crippen LogP contribution >= 0.6 is 0 Å². The normalized spacial score (nSPS) is 10.5. The molecule has 1 heterocycles. The molecule has 0 fully saturated rings. The minimum absolute atomic E-state index is 0.840. The second-order valence-electron chi connectivity index (χ2n) is 3.55. The molecule has 0 atom stereocenters. The smallest absolute Gasteiger partial charge is 0.0659 e. The van der Waals surface area contributed by atoms with E-state index in [-0.39, 0.29) is 0 Å². The number of benzene rings is 1. The summed E-state index contributed by atoms with van der Waals surface area (Å²) in [5.41, 5.74) is 2.58. The van der Waals surface area contributed by atoms with E-state index in [1.807, 2.05) is 24.0 Å². The molecular formula is C12H15N3. The van der Waals surface area contributed by atoms with Gasteiger partial charge in [0.1, 0.15) is 0 Å². The van der Waals surface area contributed by atoms with Gasteiger partial charge in [0.05, 0.1) is 6.54 Å². The van der Waals surface area contributed by atoms with Gasteiger partial charge in [-0.3, -0.25) is 4.68 Å². The van der Waals surface area contributed by atoms with Crippen molar-refractivity contribution in [2.75, 3.05) is 7.05 Å². The fraction of sp³-hybridized carbons (Fsp3) is 0.250. The summed E-state index contributed by atoms with van der Waals surface area (Å²) in [6.45, 7) is 1.76. The van der Waals surface area contributed by atoms with Gasteiger partial charge in [-0.15, -0.1) is 0 Å². The number of rotatable bonds is 4.